The van der Waals surface area contributed by atoms with Crippen LogP contribution >= 0.6 is 0 Å². The molecule has 4 aliphatic carbocycles. The van der Waals surface area contributed by atoms with E-state index >= 15 is 0 Å². The minimum atomic E-state index is -0.455. The van der Waals surface area contributed by atoms with Crippen LogP contribution < -0.4 is 0 Å². The summed E-state index contributed by atoms with van der Waals surface area (Å²) in [5, 5.41) is 21.0. The minimum absolute atomic E-state index is 0.0457. The van der Waals surface area contributed by atoms with Crippen LogP contribution in [0.4, 0.5) is 0 Å². The average molecular weight is 306 g/mol. The summed E-state index contributed by atoms with van der Waals surface area (Å²) >= 11 is 0. The summed E-state index contributed by atoms with van der Waals surface area (Å²) < 4.78 is 0. The van der Waals surface area contributed by atoms with E-state index in [2.05, 4.69) is 20.8 Å². The van der Waals surface area contributed by atoms with E-state index in [4.69, 9.17) is 0 Å². The first-order valence-corrected chi connectivity index (χ1v) is 9.68. The lowest BCUT2D eigenvalue weighted by Crippen LogP contribution is -2.56. The summed E-state index contributed by atoms with van der Waals surface area (Å²) in [4.78, 5) is 0. The summed E-state index contributed by atoms with van der Waals surface area (Å²) in [6.07, 6.45) is 10.6. The molecule has 0 unspecified atom stereocenters. The number of hydrogen-bond acceptors (Lipinski definition) is 2. The second kappa shape index (κ2) is 4.72. The standard InChI is InChI=1S/C20H34O2/c1-18-9-6-14(21)12-13(18)4-5-15-16(18)7-10-19(2)17(15)8-11-20(19,3)22/h13-17,21-22H,4-12H2,1-3H3/t13-,14-,15+,16-,17-,18-,19-,20+/m0/s1. The highest BCUT2D eigenvalue weighted by atomic mass is 16.3. The van der Waals surface area contributed by atoms with Crippen LogP contribution in [0.15, 0.2) is 0 Å². The molecule has 2 nitrogen and oxygen atoms in total. The van der Waals surface area contributed by atoms with Crippen molar-refractivity contribution in [3.63, 3.8) is 0 Å². The fourth-order valence-corrected chi connectivity index (χ4v) is 7.48. The lowest BCUT2D eigenvalue weighted by molar-refractivity contribution is -0.153. The molecule has 4 fully saturated rings. The second-order valence-corrected chi connectivity index (χ2v) is 9.85. The molecule has 4 rings (SSSR count). The molecule has 2 N–H and O–H groups in total. The van der Waals surface area contributed by atoms with Crippen LogP contribution in [-0.4, -0.2) is 21.9 Å². The van der Waals surface area contributed by atoms with Crippen LogP contribution in [0.25, 0.3) is 0 Å². The first-order valence-electron chi connectivity index (χ1n) is 9.68. The topological polar surface area (TPSA) is 40.5 Å². The van der Waals surface area contributed by atoms with E-state index in [1.54, 1.807) is 0 Å². The molecule has 0 aromatic heterocycles. The molecule has 0 aromatic rings. The molecular weight excluding hydrogens is 272 g/mol. The molecule has 0 aliphatic heterocycles. The number of fused-ring (bicyclic) bond motifs is 5. The van der Waals surface area contributed by atoms with Gasteiger partial charge in [-0.05, 0) is 99.2 Å². The highest BCUT2D eigenvalue weighted by Gasteiger charge is 2.63. The molecule has 0 amide bonds. The highest BCUT2D eigenvalue weighted by Crippen LogP contribution is 2.68. The van der Waals surface area contributed by atoms with Gasteiger partial charge in [-0.25, -0.2) is 0 Å². The fourth-order valence-electron chi connectivity index (χ4n) is 7.48. The van der Waals surface area contributed by atoms with Crippen molar-refractivity contribution >= 4 is 0 Å². The lowest BCUT2D eigenvalue weighted by atomic mass is 9.44. The van der Waals surface area contributed by atoms with Gasteiger partial charge in [0.1, 0.15) is 0 Å². The molecule has 0 heterocycles. The van der Waals surface area contributed by atoms with E-state index in [1.165, 1.54) is 38.5 Å². The first kappa shape index (κ1) is 15.4. The van der Waals surface area contributed by atoms with Crippen LogP contribution in [0.5, 0.6) is 0 Å². The lowest BCUT2D eigenvalue weighted by Gasteiger charge is -2.61. The van der Waals surface area contributed by atoms with Gasteiger partial charge in [0.15, 0.2) is 0 Å². The number of rotatable bonds is 0. The zero-order valence-corrected chi connectivity index (χ0v) is 14.6. The van der Waals surface area contributed by atoms with Gasteiger partial charge in [0.2, 0.25) is 0 Å². The maximum absolute atomic E-state index is 10.9. The Hall–Kier alpha value is -0.0800. The highest BCUT2D eigenvalue weighted by molar-refractivity contribution is 5.12. The summed E-state index contributed by atoms with van der Waals surface area (Å²) in [5.74, 6) is 3.13. The Balaban J connectivity index is 1.64. The maximum Gasteiger partial charge on any atom is 0.0675 e. The molecular formula is C20H34O2. The third kappa shape index (κ3) is 1.86. The van der Waals surface area contributed by atoms with Crippen LogP contribution in [0.2, 0.25) is 0 Å². The molecule has 22 heavy (non-hydrogen) atoms. The zero-order valence-electron chi connectivity index (χ0n) is 14.6. The Morgan fingerprint density at radius 1 is 0.818 bits per heavy atom. The number of aliphatic hydroxyl groups excluding tert-OH is 1. The van der Waals surface area contributed by atoms with Gasteiger partial charge in [-0.1, -0.05) is 13.8 Å². The quantitative estimate of drug-likeness (QED) is 0.706. The Labute approximate surface area is 135 Å². The Kier molecular flexibility index (Phi) is 3.32. The van der Waals surface area contributed by atoms with Crippen LogP contribution in [0.1, 0.15) is 78.6 Å². The molecule has 0 aromatic carbocycles. The summed E-state index contributed by atoms with van der Waals surface area (Å²) in [5.41, 5.74) is 0.145. The van der Waals surface area contributed by atoms with Crippen molar-refractivity contribution < 1.29 is 10.2 Å². The SMILES string of the molecule is C[C@]12CC[C@H](O)C[C@@H]1CC[C@@H]1[C@@H]2CC[C@@]2(C)[C@H]1CC[C@@]2(C)O. The monoisotopic (exact) mass is 306 g/mol. The van der Waals surface area contributed by atoms with Gasteiger partial charge in [-0.2, -0.15) is 0 Å². The Bertz CT molecular complexity index is 459. The van der Waals surface area contributed by atoms with Gasteiger partial charge in [-0.3, -0.25) is 0 Å². The van der Waals surface area contributed by atoms with E-state index in [9.17, 15) is 10.2 Å². The van der Waals surface area contributed by atoms with E-state index in [-0.39, 0.29) is 11.5 Å². The maximum atomic E-state index is 10.9. The molecule has 0 radical (unpaired) electrons. The van der Waals surface area contributed by atoms with Crippen molar-refractivity contribution in [2.24, 2.45) is 34.5 Å². The molecule has 2 heteroatoms. The first-order chi connectivity index (χ1) is 10.3. The molecule has 4 aliphatic rings. The van der Waals surface area contributed by atoms with Crippen LogP contribution in [0.3, 0.4) is 0 Å². The van der Waals surface area contributed by atoms with Crippen molar-refractivity contribution in [2.45, 2.75) is 90.3 Å². The van der Waals surface area contributed by atoms with E-state index in [0.29, 0.717) is 5.41 Å². The largest absolute Gasteiger partial charge is 0.393 e. The predicted octanol–water partition coefficient (Wildman–Crippen LogP) is 4.14. The summed E-state index contributed by atoms with van der Waals surface area (Å²) in [6, 6.07) is 0. The second-order valence-electron chi connectivity index (χ2n) is 9.85. The number of hydrogen-bond donors (Lipinski definition) is 2. The fraction of sp³-hybridized carbons (Fsp3) is 1.00. The summed E-state index contributed by atoms with van der Waals surface area (Å²) in [7, 11) is 0. The molecule has 0 saturated heterocycles. The van der Waals surface area contributed by atoms with Gasteiger partial charge < -0.3 is 10.2 Å². The van der Waals surface area contributed by atoms with Gasteiger partial charge in [0.05, 0.1) is 11.7 Å². The predicted molar refractivity (Wildman–Crippen MR) is 88.4 cm³/mol. The average Bonchev–Trinajstić information content (AvgIpc) is 2.70. The Morgan fingerprint density at radius 2 is 1.55 bits per heavy atom. The van der Waals surface area contributed by atoms with Gasteiger partial charge >= 0.3 is 0 Å². The van der Waals surface area contributed by atoms with E-state index < -0.39 is 5.60 Å². The third-order valence-electron chi connectivity index (χ3n) is 9.20. The van der Waals surface area contributed by atoms with Crippen molar-refractivity contribution in [1.29, 1.82) is 0 Å². The van der Waals surface area contributed by atoms with Crippen molar-refractivity contribution in [1.82, 2.24) is 0 Å². The molecule has 8 atom stereocenters. The number of aliphatic hydroxyl groups is 2. The zero-order chi connectivity index (χ0) is 15.8. The van der Waals surface area contributed by atoms with Crippen molar-refractivity contribution in [3.05, 3.63) is 0 Å². The van der Waals surface area contributed by atoms with Crippen LogP contribution in [-0.2, 0) is 0 Å². The van der Waals surface area contributed by atoms with E-state index in [0.717, 1.165) is 42.9 Å². The minimum Gasteiger partial charge on any atom is -0.393 e. The molecule has 0 spiro atoms. The van der Waals surface area contributed by atoms with Gasteiger partial charge in [0, 0.05) is 0 Å². The van der Waals surface area contributed by atoms with Crippen molar-refractivity contribution in [2.75, 3.05) is 0 Å². The summed E-state index contributed by atoms with van der Waals surface area (Å²) in [6.45, 7) is 7.01. The van der Waals surface area contributed by atoms with Gasteiger partial charge in [0.25, 0.3) is 0 Å². The van der Waals surface area contributed by atoms with Crippen molar-refractivity contribution in [3.8, 4) is 0 Å². The van der Waals surface area contributed by atoms with Gasteiger partial charge in [-0.15, -0.1) is 0 Å². The Morgan fingerprint density at radius 3 is 2.32 bits per heavy atom. The van der Waals surface area contributed by atoms with Crippen LogP contribution in [0, 0.1) is 34.5 Å². The molecule has 4 saturated carbocycles. The van der Waals surface area contributed by atoms with E-state index in [1.807, 2.05) is 0 Å². The third-order valence-corrected chi connectivity index (χ3v) is 9.20. The molecule has 126 valence electrons. The smallest absolute Gasteiger partial charge is 0.0675 e. The normalized spacial score (nSPS) is 61.2. The molecule has 0 bridgehead atoms.